The predicted octanol–water partition coefficient (Wildman–Crippen LogP) is 2.39. The third-order valence-corrected chi connectivity index (χ3v) is 2.94. The maximum Gasteiger partial charge on any atom is 0.341 e. The van der Waals surface area contributed by atoms with Crippen LogP contribution < -0.4 is 0 Å². The van der Waals surface area contributed by atoms with Gasteiger partial charge in [-0.05, 0) is 22.9 Å². The van der Waals surface area contributed by atoms with Crippen molar-refractivity contribution in [3.05, 3.63) is 29.1 Å². The Morgan fingerprint density at radius 1 is 1.43 bits per heavy atom. The zero-order chi connectivity index (χ0) is 10.1. The van der Waals surface area contributed by atoms with Crippen LogP contribution in [0, 0.1) is 0 Å². The minimum atomic E-state index is -0.516. The van der Waals surface area contributed by atoms with Crippen LogP contribution in [-0.2, 0) is 4.74 Å². The summed E-state index contributed by atoms with van der Waals surface area (Å²) in [6.45, 7) is 0. The first kappa shape index (κ1) is 9.02. The molecule has 0 aliphatic carbocycles. The number of hydrogen-bond donors (Lipinski definition) is 1. The average Bonchev–Trinajstić information content (AvgIpc) is 2.66. The normalized spacial score (nSPS) is 10.4. The van der Waals surface area contributed by atoms with Gasteiger partial charge in [-0.1, -0.05) is 6.07 Å². The number of ether oxygens (including phenoxy) is 1. The molecule has 72 valence electrons. The highest BCUT2D eigenvalue weighted by Crippen LogP contribution is 2.33. The first-order chi connectivity index (χ1) is 6.74. The summed E-state index contributed by atoms with van der Waals surface area (Å²) < 4.78 is 5.26. The minimum Gasteiger partial charge on any atom is -0.506 e. The van der Waals surface area contributed by atoms with E-state index in [-0.39, 0.29) is 11.3 Å². The molecule has 4 heteroatoms. The Balaban J connectivity index is 2.67. The van der Waals surface area contributed by atoms with E-state index in [2.05, 4.69) is 4.74 Å². The highest BCUT2D eigenvalue weighted by atomic mass is 32.1. The number of methoxy groups -OCH3 is 1. The van der Waals surface area contributed by atoms with Crippen LogP contribution in [-0.4, -0.2) is 18.2 Å². The lowest BCUT2D eigenvalue weighted by Crippen LogP contribution is -2.00. The number of benzene rings is 1. The molecule has 0 saturated heterocycles. The number of fused-ring (bicyclic) bond motifs is 1. The van der Waals surface area contributed by atoms with Crippen LogP contribution in [0.15, 0.2) is 23.6 Å². The number of hydrogen-bond acceptors (Lipinski definition) is 4. The molecule has 0 aliphatic heterocycles. The van der Waals surface area contributed by atoms with Gasteiger partial charge < -0.3 is 9.84 Å². The van der Waals surface area contributed by atoms with E-state index in [9.17, 15) is 9.90 Å². The lowest BCUT2D eigenvalue weighted by atomic mass is 10.1. The maximum atomic E-state index is 11.2. The molecule has 1 aromatic heterocycles. The summed E-state index contributed by atoms with van der Waals surface area (Å²) in [5.41, 5.74) is 0.211. The van der Waals surface area contributed by atoms with Crippen molar-refractivity contribution in [3.63, 3.8) is 0 Å². The highest BCUT2D eigenvalue weighted by molar-refractivity contribution is 7.17. The van der Waals surface area contributed by atoms with Gasteiger partial charge in [0.25, 0.3) is 0 Å². The van der Waals surface area contributed by atoms with Crippen LogP contribution in [0.3, 0.4) is 0 Å². The second-order valence-electron chi connectivity index (χ2n) is 2.79. The van der Waals surface area contributed by atoms with E-state index >= 15 is 0 Å². The van der Waals surface area contributed by atoms with E-state index in [0.717, 1.165) is 5.39 Å². The first-order valence-electron chi connectivity index (χ1n) is 4.01. The van der Waals surface area contributed by atoms with Gasteiger partial charge in [-0.25, -0.2) is 4.79 Å². The smallest absolute Gasteiger partial charge is 0.341 e. The fourth-order valence-electron chi connectivity index (χ4n) is 1.29. The summed E-state index contributed by atoms with van der Waals surface area (Å²) in [6, 6.07) is 5.24. The van der Waals surface area contributed by atoms with E-state index in [0.29, 0.717) is 4.70 Å². The largest absolute Gasteiger partial charge is 0.506 e. The van der Waals surface area contributed by atoms with Crippen LogP contribution in [0.4, 0.5) is 0 Å². The van der Waals surface area contributed by atoms with Crippen molar-refractivity contribution in [2.45, 2.75) is 0 Å². The third kappa shape index (κ3) is 1.24. The van der Waals surface area contributed by atoms with Gasteiger partial charge in [-0.2, -0.15) is 0 Å². The van der Waals surface area contributed by atoms with Crippen molar-refractivity contribution in [1.29, 1.82) is 0 Å². The summed E-state index contributed by atoms with van der Waals surface area (Å²) in [5.74, 6) is -0.512. The zero-order valence-corrected chi connectivity index (χ0v) is 8.30. The van der Waals surface area contributed by atoms with E-state index in [1.807, 2.05) is 11.4 Å². The monoisotopic (exact) mass is 208 g/mol. The molecule has 1 aromatic carbocycles. The summed E-state index contributed by atoms with van der Waals surface area (Å²) in [4.78, 5) is 11.2. The predicted molar refractivity (Wildman–Crippen MR) is 54.8 cm³/mol. The zero-order valence-electron chi connectivity index (χ0n) is 7.48. The van der Waals surface area contributed by atoms with Crippen LogP contribution in [0.25, 0.3) is 10.1 Å². The van der Waals surface area contributed by atoms with Gasteiger partial charge >= 0.3 is 5.97 Å². The highest BCUT2D eigenvalue weighted by Gasteiger charge is 2.14. The second-order valence-corrected chi connectivity index (χ2v) is 3.71. The van der Waals surface area contributed by atoms with Crippen LogP contribution >= 0.6 is 11.3 Å². The Kier molecular flexibility index (Phi) is 2.13. The molecule has 2 rings (SSSR count). The molecule has 0 saturated carbocycles. The third-order valence-electron chi connectivity index (χ3n) is 2.00. The van der Waals surface area contributed by atoms with E-state index in [1.54, 1.807) is 12.1 Å². The molecule has 0 aliphatic rings. The Labute approximate surface area is 84.6 Å². The van der Waals surface area contributed by atoms with Crippen LogP contribution in [0.2, 0.25) is 0 Å². The van der Waals surface area contributed by atoms with Crippen LogP contribution in [0.1, 0.15) is 10.4 Å². The molecule has 1 N–H and O–H groups in total. The summed E-state index contributed by atoms with van der Waals surface area (Å²) in [5, 5.41) is 12.5. The molecule has 0 fully saturated rings. The van der Waals surface area contributed by atoms with E-state index in [4.69, 9.17) is 0 Å². The molecular formula is C10H8O3S. The van der Waals surface area contributed by atoms with Crippen LogP contribution in [0.5, 0.6) is 5.75 Å². The number of phenols is 1. The molecule has 3 nitrogen and oxygen atoms in total. The number of carbonyl (C=O) groups excluding carboxylic acids is 1. The number of esters is 1. The Morgan fingerprint density at radius 3 is 2.93 bits per heavy atom. The molecule has 0 amide bonds. The number of phenolic OH excluding ortho intramolecular Hbond substituents is 1. The number of rotatable bonds is 1. The SMILES string of the molecule is COC(=O)c1ccc2ccsc2c1O. The van der Waals surface area contributed by atoms with Gasteiger partial charge in [-0.15, -0.1) is 11.3 Å². The molecular weight excluding hydrogens is 200 g/mol. The molecule has 0 radical (unpaired) electrons. The van der Waals surface area contributed by atoms with Gasteiger partial charge in [0.2, 0.25) is 0 Å². The fraction of sp³-hybridized carbons (Fsp3) is 0.100. The second kappa shape index (κ2) is 3.31. The standard InChI is InChI=1S/C10H8O3S/c1-13-10(12)7-3-2-6-4-5-14-9(6)8(7)11/h2-5,11H,1H3. The summed E-state index contributed by atoms with van der Waals surface area (Å²) in [6.07, 6.45) is 0. The fourth-order valence-corrected chi connectivity index (χ4v) is 2.14. The molecule has 0 unspecified atom stereocenters. The summed E-state index contributed by atoms with van der Waals surface area (Å²) >= 11 is 1.40. The average molecular weight is 208 g/mol. The van der Waals surface area contributed by atoms with E-state index in [1.165, 1.54) is 18.4 Å². The van der Waals surface area contributed by atoms with Gasteiger partial charge in [0.1, 0.15) is 11.3 Å². The van der Waals surface area contributed by atoms with Crippen molar-refractivity contribution < 1.29 is 14.6 Å². The number of thiophene rings is 1. The Hall–Kier alpha value is -1.55. The van der Waals surface area contributed by atoms with Crippen molar-refractivity contribution >= 4 is 27.4 Å². The first-order valence-corrected chi connectivity index (χ1v) is 4.89. The summed E-state index contributed by atoms with van der Waals surface area (Å²) in [7, 11) is 1.29. The molecule has 2 aromatic rings. The van der Waals surface area contributed by atoms with Gasteiger partial charge in [0.15, 0.2) is 0 Å². The minimum absolute atomic E-state index is 0.00403. The Morgan fingerprint density at radius 2 is 2.21 bits per heavy atom. The molecule has 0 atom stereocenters. The maximum absolute atomic E-state index is 11.2. The molecule has 1 heterocycles. The van der Waals surface area contributed by atoms with Gasteiger partial charge in [-0.3, -0.25) is 0 Å². The van der Waals surface area contributed by atoms with Crippen molar-refractivity contribution in [1.82, 2.24) is 0 Å². The van der Waals surface area contributed by atoms with Gasteiger partial charge in [0.05, 0.1) is 11.8 Å². The topological polar surface area (TPSA) is 46.5 Å². The van der Waals surface area contributed by atoms with Gasteiger partial charge in [0, 0.05) is 0 Å². The van der Waals surface area contributed by atoms with Crippen molar-refractivity contribution in [2.24, 2.45) is 0 Å². The molecule has 14 heavy (non-hydrogen) atoms. The van der Waals surface area contributed by atoms with Crippen molar-refractivity contribution in [2.75, 3.05) is 7.11 Å². The number of aromatic hydroxyl groups is 1. The lowest BCUT2D eigenvalue weighted by Gasteiger charge is -2.02. The molecule has 0 spiro atoms. The van der Waals surface area contributed by atoms with Crippen molar-refractivity contribution in [3.8, 4) is 5.75 Å². The lowest BCUT2D eigenvalue weighted by molar-refractivity contribution is 0.0598. The van der Waals surface area contributed by atoms with E-state index < -0.39 is 5.97 Å². The molecule has 0 bridgehead atoms. The Bertz CT molecular complexity index is 487. The quantitative estimate of drug-likeness (QED) is 0.732. The number of carbonyl (C=O) groups is 1.